The molecule has 2 heterocycles. The fourth-order valence-electron chi connectivity index (χ4n) is 9.81. The Morgan fingerprint density at radius 2 is 0.823 bits per heavy atom. The molecule has 0 fully saturated rings. The van der Waals surface area contributed by atoms with Gasteiger partial charge in [-0.05, 0) is 135 Å². The molecule has 11 aromatic rings. The second kappa shape index (κ2) is 15.0. The molecule has 0 saturated carbocycles. The van der Waals surface area contributed by atoms with Gasteiger partial charge < -0.3 is 9.13 Å². The average Bonchev–Trinajstić information content (AvgIpc) is 3.88. The van der Waals surface area contributed by atoms with Gasteiger partial charge in [0.25, 0.3) is 0 Å². The van der Waals surface area contributed by atoms with Crippen molar-refractivity contribution in [2.24, 2.45) is 0 Å². The van der Waals surface area contributed by atoms with Gasteiger partial charge in [0.2, 0.25) is 0 Å². The van der Waals surface area contributed by atoms with Crippen LogP contribution in [0.1, 0.15) is 18.4 Å². The molecule has 0 atom stereocenters. The summed E-state index contributed by atoms with van der Waals surface area (Å²) >= 11 is 0. The summed E-state index contributed by atoms with van der Waals surface area (Å²) in [4.78, 5) is 0. The number of benzene rings is 9. The zero-order valence-electron chi connectivity index (χ0n) is 34.2. The minimum atomic E-state index is 1.03. The number of allylic oxidation sites excluding steroid dienone is 4. The van der Waals surface area contributed by atoms with Crippen LogP contribution in [-0.2, 0) is 0 Å². The number of para-hydroxylation sites is 2. The van der Waals surface area contributed by atoms with E-state index in [2.05, 4.69) is 240 Å². The topological polar surface area (TPSA) is 9.86 Å². The molecule has 9 aromatic carbocycles. The molecule has 0 aliphatic heterocycles. The predicted molar refractivity (Wildman–Crippen MR) is 263 cm³/mol. The van der Waals surface area contributed by atoms with E-state index in [1.807, 2.05) is 0 Å². The zero-order valence-corrected chi connectivity index (χ0v) is 34.2. The maximum absolute atomic E-state index is 2.53. The van der Waals surface area contributed by atoms with Gasteiger partial charge >= 0.3 is 0 Å². The summed E-state index contributed by atoms with van der Waals surface area (Å²) in [7, 11) is 0. The van der Waals surface area contributed by atoms with Gasteiger partial charge in [-0.3, -0.25) is 0 Å². The number of hydrogen-bond acceptors (Lipinski definition) is 0. The molecule has 1 aliphatic rings. The first-order valence-electron chi connectivity index (χ1n) is 21.6. The van der Waals surface area contributed by atoms with E-state index in [1.54, 1.807) is 0 Å². The van der Waals surface area contributed by atoms with Crippen molar-refractivity contribution in [3.63, 3.8) is 0 Å². The van der Waals surface area contributed by atoms with Crippen LogP contribution in [0.3, 0.4) is 0 Å². The molecule has 2 nitrogen and oxygen atoms in total. The van der Waals surface area contributed by atoms with E-state index in [-0.39, 0.29) is 0 Å². The van der Waals surface area contributed by atoms with Gasteiger partial charge in [-0.15, -0.1) is 0 Å². The van der Waals surface area contributed by atoms with Gasteiger partial charge in [-0.1, -0.05) is 164 Å². The summed E-state index contributed by atoms with van der Waals surface area (Å²) in [6.07, 6.45) is 8.86. The first-order chi connectivity index (χ1) is 30.7. The van der Waals surface area contributed by atoms with E-state index in [9.17, 15) is 0 Å². The predicted octanol–water partition coefficient (Wildman–Crippen LogP) is 16.3. The number of rotatable bonds is 7. The van der Waals surface area contributed by atoms with Gasteiger partial charge in [0.1, 0.15) is 0 Å². The van der Waals surface area contributed by atoms with E-state index in [0.717, 1.165) is 18.5 Å². The van der Waals surface area contributed by atoms with Crippen LogP contribution in [0, 0.1) is 0 Å². The Labute approximate surface area is 361 Å². The number of nitrogens with zero attached hydrogens (tertiary/aromatic N) is 2. The first kappa shape index (κ1) is 36.0. The Balaban J connectivity index is 1.07. The lowest BCUT2D eigenvalue weighted by Crippen LogP contribution is -1.98. The van der Waals surface area contributed by atoms with Crippen LogP contribution >= 0.6 is 0 Å². The third-order valence-electron chi connectivity index (χ3n) is 12.7. The van der Waals surface area contributed by atoms with E-state index in [0.29, 0.717) is 0 Å². The monoisotopic (exact) mass is 790 g/mol. The van der Waals surface area contributed by atoms with Gasteiger partial charge in [-0.25, -0.2) is 0 Å². The summed E-state index contributed by atoms with van der Waals surface area (Å²) in [5.41, 5.74) is 19.4. The standard InChI is InChI=1S/C60H42N2/c1-5-17-41(18-6-1)46-35-47(42-19-7-2-8-20-42)37-48(36-46)45-29-31-51(32-30-45)61-57-28-16-14-26-55(57)59-58(61)34-33-54-53-25-13-15-27-56(53)62(60(54)59)52-39-49(43-21-9-3-10-22-43)38-50(40-52)44-23-11-4-12-24-44/h1-11,13-23,25-40H,12,24H2. The van der Waals surface area contributed by atoms with E-state index in [4.69, 9.17) is 0 Å². The summed E-state index contributed by atoms with van der Waals surface area (Å²) in [5, 5.41) is 5.01. The number of hydrogen-bond donors (Lipinski definition) is 0. The van der Waals surface area contributed by atoms with Crippen molar-refractivity contribution in [2.45, 2.75) is 12.8 Å². The molecule has 292 valence electrons. The van der Waals surface area contributed by atoms with Crippen molar-refractivity contribution in [1.29, 1.82) is 0 Å². The smallest absolute Gasteiger partial charge is 0.0641 e. The lowest BCUT2D eigenvalue weighted by Gasteiger charge is -2.16. The molecule has 0 saturated heterocycles. The molecule has 0 bridgehead atoms. The third-order valence-corrected chi connectivity index (χ3v) is 12.7. The molecule has 2 heteroatoms. The largest absolute Gasteiger partial charge is 0.309 e. The van der Waals surface area contributed by atoms with Crippen molar-refractivity contribution in [2.75, 3.05) is 0 Å². The summed E-state index contributed by atoms with van der Waals surface area (Å²) in [6.45, 7) is 0. The molecule has 62 heavy (non-hydrogen) atoms. The normalized spacial score (nSPS) is 12.7. The van der Waals surface area contributed by atoms with Crippen molar-refractivity contribution in [3.05, 3.63) is 236 Å². The summed E-state index contributed by atoms with van der Waals surface area (Å²) in [6, 6.07) is 78.0. The lowest BCUT2D eigenvalue weighted by atomic mass is 9.93. The Morgan fingerprint density at radius 3 is 1.42 bits per heavy atom. The van der Waals surface area contributed by atoms with Crippen molar-refractivity contribution in [1.82, 2.24) is 9.13 Å². The van der Waals surface area contributed by atoms with Gasteiger partial charge in [0.05, 0.1) is 22.1 Å². The SMILES string of the molecule is C1=CCCC(c2cc(-c3ccccc3)cc(-n3c4ccccc4c4ccc5c(c6ccccc6n5-c5ccc(-c6cc(-c7ccccc7)cc(-c7ccccc7)c6)cc5)c43)c2)=C1. The molecule has 0 spiro atoms. The Morgan fingerprint density at radius 1 is 0.323 bits per heavy atom. The maximum Gasteiger partial charge on any atom is 0.0641 e. The Bertz CT molecular complexity index is 3470. The van der Waals surface area contributed by atoms with Crippen LogP contribution in [0.4, 0.5) is 0 Å². The minimum absolute atomic E-state index is 1.03. The quantitative estimate of drug-likeness (QED) is 0.152. The molecule has 2 aromatic heterocycles. The molecule has 1 aliphatic carbocycles. The molecular formula is C60H42N2. The van der Waals surface area contributed by atoms with E-state index < -0.39 is 0 Å². The molecule has 12 rings (SSSR count). The fraction of sp³-hybridized carbons (Fsp3) is 0.0333. The highest BCUT2D eigenvalue weighted by atomic mass is 15.0. The summed E-state index contributed by atoms with van der Waals surface area (Å²) < 4.78 is 4.99. The highest BCUT2D eigenvalue weighted by Gasteiger charge is 2.22. The zero-order chi connectivity index (χ0) is 41.0. The number of fused-ring (bicyclic) bond motifs is 7. The fourth-order valence-corrected chi connectivity index (χ4v) is 9.81. The lowest BCUT2D eigenvalue weighted by molar-refractivity contribution is 1.05. The van der Waals surface area contributed by atoms with E-state index >= 15 is 0 Å². The second-order valence-corrected chi connectivity index (χ2v) is 16.4. The first-order valence-corrected chi connectivity index (χ1v) is 21.6. The molecule has 0 N–H and O–H groups in total. The van der Waals surface area contributed by atoms with Crippen LogP contribution in [-0.4, -0.2) is 9.13 Å². The van der Waals surface area contributed by atoms with Crippen molar-refractivity contribution < 1.29 is 0 Å². The second-order valence-electron chi connectivity index (χ2n) is 16.4. The highest BCUT2D eigenvalue weighted by molar-refractivity contribution is 6.26. The molecule has 0 unspecified atom stereocenters. The van der Waals surface area contributed by atoms with E-state index in [1.165, 1.54) is 105 Å². The Kier molecular flexibility index (Phi) is 8.67. The van der Waals surface area contributed by atoms with Gasteiger partial charge in [-0.2, -0.15) is 0 Å². The Hall–Kier alpha value is -7.94. The third kappa shape index (κ3) is 6.11. The van der Waals surface area contributed by atoms with Crippen molar-refractivity contribution >= 4 is 49.2 Å². The van der Waals surface area contributed by atoms with Gasteiger partial charge in [0.15, 0.2) is 0 Å². The van der Waals surface area contributed by atoms with Crippen LogP contribution in [0.5, 0.6) is 0 Å². The molecule has 0 radical (unpaired) electrons. The summed E-state index contributed by atoms with van der Waals surface area (Å²) in [5.74, 6) is 0. The maximum atomic E-state index is 2.53. The van der Waals surface area contributed by atoms with Crippen LogP contribution < -0.4 is 0 Å². The molecular weight excluding hydrogens is 749 g/mol. The highest BCUT2D eigenvalue weighted by Crippen LogP contribution is 2.43. The van der Waals surface area contributed by atoms with Crippen LogP contribution in [0.2, 0.25) is 0 Å². The molecule has 0 amide bonds. The van der Waals surface area contributed by atoms with Crippen LogP contribution in [0.15, 0.2) is 231 Å². The van der Waals surface area contributed by atoms with Crippen molar-refractivity contribution in [3.8, 4) is 55.9 Å². The number of aromatic nitrogens is 2. The van der Waals surface area contributed by atoms with Gasteiger partial charge in [0, 0.05) is 32.9 Å². The minimum Gasteiger partial charge on any atom is -0.309 e. The van der Waals surface area contributed by atoms with Crippen LogP contribution in [0.25, 0.3) is 105 Å². The average molecular weight is 791 g/mol.